The van der Waals surface area contributed by atoms with Crippen molar-refractivity contribution in [2.75, 3.05) is 25.1 Å². The summed E-state index contributed by atoms with van der Waals surface area (Å²) in [6.07, 6.45) is 1.89. The van der Waals surface area contributed by atoms with E-state index in [9.17, 15) is 14.7 Å². The lowest BCUT2D eigenvalue weighted by Crippen LogP contribution is -2.38. The predicted molar refractivity (Wildman–Crippen MR) is 113 cm³/mol. The molecule has 1 aliphatic rings. The molecule has 2 aromatic rings. The van der Waals surface area contributed by atoms with E-state index in [1.54, 1.807) is 18.9 Å². The maximum absolute atomic E-state index is 12.3. The first-order chi connectivity index (χ1) is 14.0. The van der Waals surface area contributed by atoms with Crippen molar-refractivity contribution in [1.82, 2.24) is 5.32 Å². The first-order valence-corrected chi connectivity index (χ1v) is 10.0. The van der Waals surface area contributed by atoms with Gasteiger partial charge in [-0.2, -0.15) is 0 Å². The number of nitrogens with one attached hydrogen (secondary N) is 1. The van der Waals surface area contributed by atoms with Gasteiger partial charge in [-0.25, -0.2) is 9.59 Å². The van der Waals surface area contributed by atoms with Crippen molar-refractivity contribution >= 4 is 17.7 Å². The fourth-order valence-electron chi connectivity index (χ4n) is 3.15. The van der Waals surface area contributed by atoms with Crippen LogP contribution in [0.2, 0.25) is 0 Å². The number of nitrogens with zero attached hydrogens (tertiary/aromatic N) is 1. The average molecular weight is 396 g/mol. The minimum Gasteiger partial charge on any atom is -0.479 e. The van der Waals surface area contributed by atoms with E-state index in [2.05, 4.69) is 5.32 Å². The molecule has 1 saturated carbocycles. The number of hydrogen-bond acceptors (Lipinski definition) is 3. The maximum Gasteiger partial charge on any atom is 0.333 e. The lowest BCUT2D eigenvalue weighted by atomic mass is 10.0. The van der Waals surface area contributed by atoms with Gasteiger partial charge in [-0.1, -0.05) is 36.4 Å². The van der Waals surface area contributed by atoms with Crippen molar-refractivity contribution in [2.24, 2.45) is 5.92 Å². The van der Waals surface area contributed by atoms with Gasteiger partial charge in [-0.05, 0) is 54.5 Å². The Morgan fingerprint density at radius 2 is 1.90 bits per heavy atom. The van der Waals surface area contributed by atoms with E-state index < -0.39 is 12.1 Å². The highest BCUT2D eigenvalue weighted by Gasteiger charge is 2.22. The van der Waals surface area contributed by atoms with E-state index in [-0.39, 0.29) is 6.03 Å². The number of amides is 2. The third kappa shape index (κ3) is 5.81. The molecule has 0 bridgehead atoms. The first kappa shape index (κ1) is 20.9. The van der Waals surface area contributed by atoms with Gasteiger partial charge in [-0.3, -0.25) is 4.90 Å². The number of carboxylic acids is 1. The normalized spacial score (nSPS) is 14.3. The molecule has 2 N–H and O–H groups in total. The number of ether oxygens (including phenoxy) is 1. The van der Waals surface area contributed by atoms with Crippen molar-refractivity contribution in [3.63, 3.8) is 0 Å². The number of hydrogen-bond donors (Lipinski definition) is 2. The molecule has 29 heavy (non-hydrogen) atoms. The van der Waals surface area contributed by atoms with E-state index in [1.165, 1.54) is 12.8 Å². The molecule has 0 unspecified atom stereocenters. The fraction of sp³-hybridized carbons (Fsp3) is 0.391. The van der Waals surface area contributed by atoms with E-state index in [0.29, 0.717) is 18.9 Å². The van der Waals surface area contributed by atoms with Crippen molar-refractivity contribution in [1.29, 1.82) is 0 Å². The topological polar surface area (TPSA) is 78.9 Å². The Labute approximate surface area is 171 Å². The monoisotopic (exact) mass is 396 g/mol. The molecule has 2 aromatic carbocycles. The standard InChI is InChI=1S/C23H28N2O4/c1-3-29-21(22(26)27)13-16-9-11-18(12-10-16)19-5-4-6-20(14-19)25(2)23(28)24-15-17-7-8-17/h4-6,9-12,14,17,21H,3,7-8,13,15H2,1-2H3,(H,24,28)(H,26,27)/t21-/m0/s1. The van der Waals surface area contributed by atoms with Gasteiger partial charge < -0.3 is 15.2 Å². The molecule has 0 aliphatic heterocycles. The molecule has 0 aromatic heterocycles. The summed E-state index contributed by atoms with van der Waals surface area (Å²) in [4.78, 5) is 25.2. The van der Waals surface area contributed by atoms with E-state index in [1.807, 2.05) is 48.5 Å². The summed E-state index contributed by atoms with van der Waals surface area (Å²) in [5, 5.41) is 12.2. The maximum atomic E-state index is 12.3. The summed E-state index contributed by atoms with van der Waals surface area (Å²) in [5.74, 6) is -0.313. The summed E-state index contributed by atoms with van der Waals surface area (Å²) in [6.45, 7) is 2.89. The molecule has 1 fully saturated rings. The lowest BCUT2D eigenvalue weighted by molar-refractivity contribution is -0.149. The highest BCUT2D eigenvalue weighted by molar-refractivity contribution is 5.92. The molecule has 1 atom stereocenters. The minimum absolute atomic E-state index is 0.0972. The number of anilines is 1. The van der Waals surface area contributed by atoms with Crippen molar-refractivity contribution < 1.29 is 19.4 Å². The second-order valence-electron chi connectivity index (χ2n) is 7.42. The summed E-state index contributed by atoms with van der Waals surface area (Å²) in [6, 6.07) is 15.5. The molecule has 6 nitrogen and oxygen atoms in total. The van der Waals surface area contributed by atoms with Crippen LogP contribution in [0.5, 0.6) is 0 Å². The zero-order chi connectivity index (χ0) is 20.8. The molecule has 3 rings (SSSR count). The van der Waals surface area contributed by atoms with Gasteiger partial charge in [0.1, 0.15) is 0 Å². The Balaban J connectivity index is 1.67. The molecule has 0 radical (unpaired) electrons. The number of carboxylic acid groups (broad SMARTS) is 1. The first-order valence-electron chi connectivity index (χ1n) is 10.0. The molecule has 154 valence electrons. The molecule has 2 amide bonds. The van der Waals surface area contributed by atoms with Crippen LogP contribution in [0.15, 0.2) is 48.5 Å². The molecular weight excluding hydrogens is 368 g/mol. The van der Waals surface area contributed by atoms with Gasteiger partial charge >= 0.3 is 12.0 Å². The highest BCUT2D eigenvalue weighted by Crippen LogP contribution is 2.28. The lowest BCUT2D eigenvalue weighted by Gasteiger charge is -2.19. The molecule has 0 saturated heterocycles. The number of urea groups is 1. The largest absolute Gasteiger partial charge is 0.479 e. The Bertz CT molecular complexity index is 846. The number of benzene rings is 2. The SMILES string of the molecule is CCO[C@@H](Cc1ccc(-c2cccc(N(C)C(=O)NCC3CC3)c2)cc1)C(=O)O. The number of aliphatic carboxylic acids is 1. The molecule has 6 heteroatoms. The smallest absolute Gasteiger partial charge is 0.333 e. The van der Waals surface area contributed by atoms with Crippen LogP contribution in [0.4, 0.5) is 10.5 Å². The van der Waals surface area contributed by atoms with E-state index in [4.69, 9.17) is 4.74 Å². The summed E-state index contributed by atoms with van der Waals surface area (Å²) in [7, 11) is 1.77. The zero-order valence-electron chi connectivity index (χ0n) is 16.9. The summed E-state index contributed by atoms with van der Waals surface area (Å²) < 4.78 is 5.28. The van der Waals surface area contributed by atoms with Crippen molar-refractivity contribution in [2.45, 2.75) is 32.3 Å². The van der Waals surface area contributed by atoms with E-state index in [0.717, 1.165) is 28.9 Å². The van der Waals surface area contributed by atoms with Crippen molar-refractivity contribution in [3.8, 4) is 11.1 Å². The quantitative estimate of drug-likeness (QED) is 0.673. The Kier molecular flexibility index (Phi) is 6.88. The third-order valence-corrected chi connectivity index (χ3v) is 5.13. The van der Waals surface area contributed by atoms with Gasteiger partial charge in [0.2, 0.25) is 0 Å². The highest BCUT2D eigenvalue weighted by atomic mass is 16.5. The average Bonchev–Trinajstić information content (AvgIpc) is 3.56. The second-order valence-corrected chi connectivity index (χ2v) is 7.42. The van der Waals surface area contributed by atoms with Gasteiger partial charge in [0.25, 0.3) is 0 Å². The summed E-state index contributed by atoms with van der Waals surface area (Å²) in [5.41, 5.74) is 3.73. The molecular formula is C23H28N2O4. The predicted octanol–water partition coefficient (Wildman–Crippen LogP) is 3.94. The van der Waals surface area contributed by atoms with Crippen LogP contribution in [0.1, 0.15) is 25.3 Å². The van der Waals surface area contributed by atoms with Crippen LogP contribution >= 0.6 is 0 Å². The van der Waals surface area contributed by atoms with Crippen LogP contribution in [-0.2, 0) is 16.0 Å². The van der Waals surface area contributed by atoms with Crippen LogP contribution in [0, 0.1) is 5.92 Å². The fourth-order valence-corrected chi connectivity index (χ4v) is 3.15. The van der Waals surface area contributed by atoms with E-state index >= 15 is 0 Å². The van der Waals surface area contributed by atoms with Crippen LogP contribution in [-0.4, -0.2) is 43.4 Å². The third-order valence-electron chi connectivity index (χ3n) is 5.13. The van der Waals surface area contributed by atoms with Crippen LogP contribution in [0.25, 0.3) is 11.1 Å². The zero-order valence-corrected chi connectivity index (χ0v) is 16.9. The van der Waals surface area contributed by atoms with Crippen LogP contribution in [0.3, 0.4) is 0 Å². The second kappa shape index (κ2) is 9.56. The van der Waals surface area contributed by atoms with Gasteiger partial charge in [0, 0.05) is 32.3 Å². The Hall–Kier alpha value is -2.86. The molecule has 0 spiro atoms. The minimum atomic E-state index is -0.952. The number of carbonyl (C=O) groups excluding carboxylic acids is 1. The Morgan fingerprint density at radius 3 is 2.52 bits per heavy atom. The Morgan fingerprint density at radius 1 is 1.17 bits per heavy atom. The van der Waals surface area contributed by atoms with Crippen molar-refractivity contribution in [3.05, 3.63) is 54.1 Å². The molecule has 0 heterocycles. The van der Waals surface area contributed by atoms with Gasteiger partial charge in [0.15, 0.2) is 6.10 Å². The number of carbonyl (C=O) groups is 2. The van der Waals surface area contributed by atoms with Gasteiger partial charge in [0.05, 0.1) is 0 Å². The van der Waals surface area contributed by atoms with Crippen LogP contribution < -0.4 is 10.2 Å². The molecule has 1 aliphatic carbocycles. The summed E-state index contributed by atoms with van der Waals surface area (Å²) >= 11 is 0. The van der Waals surface area contributed by atoms with Gasteiger partial charge in [-0.15, -0.1) is 0 Å². The number of rotatable bonds is 9.